The molecule has 0 unspecified atom stereocenters. The van der Waals surface area contributed by atoms with E-state index < -0.39 is 0 Å². The first-order valence-electron chi connectivity index (χ1n) is 9.92. The Balaban J connectivity index is 1.70. The van der Waals surface area contributed by atoms with E-state index in [2.05, 4.69) is 15.6 Å². The number of rotatable bonds is 4. The number of hydrogen-bond acceptors (Lipinski definition) is 5. The molecule has 0 atom stereocenters. The summed E-state index contributed by atoms with van der Waals surface area (Å²) in [5.74, 6) is 0.336. The Kier molecular flexibility index (Phi) is 5.33. The highest BCUT2D eigenvalue weighted by Crippen LogP contribution is 2.36. The van der Waals surface area contributed by atoms with Crippen LogP contribution in [-0.2, 0) is 11.2 Å². The van der Waals surface area contributed by atoms with Crippen molar-refractivity contribution in [3.8, 4) is 17.0 Å². The van der Waals surface area contributed by atoms with Gasteiger partial charge < -0.3 is 20.3 Å². The predicted octanol–water partition coefficient (Wildman–Crippen LogP) is 4.01. The Morgan fingerprint density at radius 2 is 1.81 bits per heavy atom. The Morgan fingerprint density at radius 3 is 2.55 bits per heavy atom. The maximum absolute atomic E-state index is 12.9. The van der Waals surface area contributed by atoms with Crippen LogP contribution >= 0.6 is 0 Å². The van der Waals surface area contributed by atoms with E-state index in [1.807, 2.05) is 49.4 Å². The van der Waals surface area contributed by atoms with Crippen LogP contribution < -0.4 is 15.4 Å². The number of fused-ring (bicyclic) bond motifs is 2. The van der Waals surface area contributed by atoms with E-state index in [1.54, 1.807) is 32.3 Å². The Hall–Kier alpha value is -3.87. The van der Waals surface area contributed by atoms with Gasteiger partial charge in [-0.05, 0) is 53.4 Å². The van der Waals surface area contributed by atoms with Gasteiger partial charge in [0.05, 0.1) is 36.2 Å². The molecule has 7 nitrogen and oxygen atoms in total. The molecule has 31 heavy (non-hydrogen) atoms. The van der Waals surface area contributed by atoms with Crippen LogP contribution in [0.1, 0.15) is 21.5 Å². The summed E-state index contributed by atoms with van der Waals surface area (Å²) in [6.07, 6.45) is 2.04. The molecule has 2 heterocycles. The maximum atomic E-state index is 12.9. The second kappa shape index (κ2) is 8.10. The Morgan fingerprint density at radius 1 is 1.00 bits per heavy atom. The number of nitrogens with zero attached hydrogens (tertiary/aromatic N) is 2. The summed E-state index contributed by atoms with van der Waals surface area (Å²) in [6, 6.07) is 13.2. The summed E-state index contributed by atoms with van der Waals surface area (Å²) in [5, 5.41) is 6.32. The zero-order chi connectivity index (χ0) is 22.1. The van der Waals surface area contributed by atoms with Gasteiger partial charge in [0.2, 0.25) is 11.8 Å². The Labute approximate surface area is 181 Å². The van der Waals surface area contributed by atoms with E-state index in [0.717, 1.165) is 27.9 Å². The average molecular weight is 416 g/mol. The number of likely N-dealkylation sites (N-methyl/N-ethyl adjacent to an activating group) is 1. The van der Waals surface area contributed by atoms with E-state index in [0.29, 0.717) is 22.8 Å². The van der Waals surface area contributed by atoms with Crippen molar-refractivity contribution in [2.75, 3.05) is 31.8 Å². The van der Waals surface area contributed by atoms with Crippen molar-refractivity contribution in [2.24, 2.45) is 0 Å². The van der Waals surface area contributed by atoms with Gasteiger partial charge >= 0.3 is 0 Å². The minimum Gasteiger partial charge on any atom is -0.481 e. The quantitative estimate of drug-likeness (QED) is 0.672. The molecule has 7 heteroatoms. The largest absolute Gasteiger partial charge is 0.481 e. The number of hydrogen-bond donors (Lipinski definition) is 2. The third-order valence-corrected chi connectivity index (χ3v) is 5.32. The average Bonchev–Trinajstić information content (AvgIpc) is 2.89. The highest BCUT2D eigenvalue weighted by molar-refractivity contribution is 6.12. The van der Waals surface area contributed by atoms with Crippen LogP contribution in [-0.4, -0.2) is 42.9 Å². The predicted molar refractivity (Wildman–Crippen MR) is 121 cm³/mol. The van der Waals surface area contributed by atoms with Gasteiger partial charge in [0.15, 0.2) is 0 Å². The highest BCUT2D eigenvalue weighted by atomic mass is 16.5. The van der Waals surface area contributed by atoms with E-state index in [1.165, 1.54) is 0 Å². The number of aryl methyl sites for hydroxylation is 1. The van der Waals surface area contributed by atoms with Crippen molar-refractivity contribution >= 4 is 28.9 Å². The highest BCUT2D eigenvalue weighted by Gasteiger charge is 2.21. The first kappa shape index (κ1) is 20.4. The van der Waals surface area contributed by atoms with Crippen LogP contribution in [0.3, 0.4) is 0 Å². The molecule has 0 saturated carbocycles. The van der Waals surface area contributed by atoms with Gasteiger partial charge in [0.1, 0.15) is 0 Å². The fourth-order valence-electron chi connectivity index (χ4n) is 3.52. The van der Waals surface area contributed by atoms with Crippen LogP contribution in [0.4, 0.5) is 17.1 Å². The van der Waals surface area contributed by atoms with Crippen LogP contribution in [0.2, 0.25) is 0 Å². The van der Waals surface area contributed by atoms with Crippen molar-refractivity contribution in [3.63, 3.8) is 0 Å². The van der Waals surface area contributed by atoms with Gasteiger partial charge in [-0.25, -0.2) is 4.98 Å². The van der Waals surface area contributed by atoms with Crippen LogP contribution in [0.5, 0.6) is 5.88 Å². The number of methoxy groups -OCH3 is 1. The van der Waals surface area contributed by atoms with Gasteiger partial charge in [0.25, 0.3) is 5.91 Å². The molecule has 0 aliphatic carbocycles. The standard InChI is InChI=1S/C24H24N4O3/c1-14-13-25-22(31-4)12-18(14)16-6-7-17-20(11-16)26-19-8-5-15(10-23(29)28(2)3)9-21(19)27-24(17)30/h5-9,11-13,26H,10H2,1-4H3,(H,27,30). The summed E-state index contributed by atoms with van der Waals surface area (Å²) in [6.45, 7) is 1.99. The number of anilines is 3. The molecule has 2 N–H and O–H groups in total. The lowest BCUT2D eigenvalue weighted by Gasteiger charge is -2.13. The van der Waals surface area contributed by atoms with E-state index in [-0.39, 0.29) is 18.2 Å². The lowest BCUT2D eigenvalue weighted by molar-refractivity contribution is -0.127. The third-order valence-electron chi connectivity index (χ3n) is 5.32. The monoisotopic (exact) mass is 416 g/mol. The topological polar surface area (TPSA) is 83.6 Å². The molecule has 1 aromatic heterocycles. The first-order chi connectivity index (χ1) is 14.9. The zero-order valence-electron chi connectivity index (χ0n) is 17.9. The number of pyridine rings is 1. The van der Waals surface area contributed by atoms with Gasteiger partial charge in [-0.1, -0.05) is 12.1 Å². The van der Waals surface area contributed by atoms with E-state index in [9.17, 15) is 9.59 Å². The second-order valence-corrected chi connectivity index (χ2v) is 7.73. The normalized spacial score (nSPS) is 12.1. The SMILES string of the molecule is COc1cc(-c2ccc3c(c2)Nc2ccc(CC(=O)N(C)C)cc2NC3=O)c(C)cn1. The first-order valence-corrected chi connectivity index (χ1v) is 9.92. The Bertz CT molecular complexity index is 1190. The van der Waals surface area contributed by atoms with E-state index in [4.69, 9.17) is 4.74 Å². The molecule has 3 aromatic rings. The summed E-state index contributed by atoms with van der Waals surface area (Å²) in [4.78, 5) is 30.7. The smallest absolute Gasteiger partial charge is 0.257 e. The molecule has 1 aliphatic rings. The van der Waals surface area contributed by atoms with Crippen LogP contribution in [0.25, 0.3) is 11.1 Å². The molecule has 2 aromatic carbocycles. The number of carbonyl (C=O) groups excluding carboxylic acids is 2. The number of ether oxygens (including phenoxy) is 1. The fraction of sp³-hybridized carbons (Fsp3) is 0.208. The minimum atomic E-state index is -0.201. The molecular formula is C24H24N4O3. The second-order valence-electron chi connectivity index (χ2n) is 7.73. The summed E-state index contributed by atoms with van der Waals surface area (Å²) >= 11 is 0. The minimum absolute atomic E-state index is 0.00364. The molecule has 0 saturated heterocycles. The van der Waals surface area contributed by atoms with Crippen molar-refractivity contribution in [1.29, 1.82) is 0 Å². The number of nitrogens with one attached hydrogen (secondary N) is 2. The number of amides is 2. The van der Waals surface area contributed by atoms with Crippen LogP contribution in [0.15, 0.2) is 48.7 Å². The maximum Gasteiger partial charge on any atom is 0.257 e. The lowest BCUT2D eigenvalue weighted by atomic mass is 9.99. The van der Waals surface area contributed by atoms with Crippen LogP contribution in [0, 0.1) is 6.92 Å². The van der Waals surface area contributed by atoms with Crippen molar-refractivity contribution in [3.05, 3.63) is 65.4 Å². The summed E-state index contributed by atoms with van der Waals surface area (Å²) in [7, 11) is 5.04. The summed E-state index contributed by atoms with van der Waals surface area (Å²) in [5.41, 5.74) is 6.46. The van der Waals surface area contributed by atoms with Gasteiger partial charge in [-0.15, -0.1) is 0 Å². The van der Waals surface area contributed by atoms with Crippen molar-refractivity contribution in [2.45, 2.75) is 13.3 Å². The molecule has 2 amide bonds. The molecule has 0 spiro atoms. The molecule has 0 bridgehead atoms. The molecule has 4 rings (SSSR count). The molecule has 158 valence electrons. The molecule has 0 fully saturated rings. The van der Waals surface area contributed by atoms with Gasteiger partial charge in [-0.3, -0.25) is 9.59 Å². The van der Waals surface area contributed by atoms with Crippen molar-refractivity contribution < 1.29 is 14.3 Å². The lowest BCUT2D eigenvalue weighted by Crippen LogP contribution is -2.23. The third kappa shape index (κ3) is 4.07. The fourth-order valence-corrected chi connectivity index (χ4v) is 3.52. The van der Waals surface area contributed by atoms with Crippen molar-refractivity contribution in [1.82, 2.24) is 9.88 Å². The van der Waals surface area contributed by atoms with Gasteiger partial charge in [0, 0.05) is 26.4 Å². The molecule has 0 radical (unpaired) electrons. The van der Waals surface area contributed by atoms with Gasteiger partial charge in [-0.2, -0.15) is 0 Å². The van der Waals surface area contributed by atoms with E-state index >= 15 is 0 Å². The molecule has 1 aliphatic heterocycles. The zero-order valence-corrected chi connectivity index (χ0v) is 17.9. The number of aromatic nitrogens is 1. The molecular weight excluding hydrogens is 392 g/mol. The summed E-state index contributed by atoms with van der Waals surface area (Å²) < 4.78 is 5.26. The number of carbonyl (C=O) groups is 2. The number of benzene rings is 2.